The lowest BCUT2D eigenvalue weighted by atomic mass is 10.1. The van der Waals surface area contributed by atoms with Gasteiger partial charge in [-0.3, -0.25) is 4.79 Å². The monoisotopic (exact) mass is 372 g/mol. The Kier molecular flexibility index (Phi) is 5.88. The van der Waals surface area contributed by atoms with Crippen LogP contribution in [0.2, 0.25) is 0 Å². The third-order valence-electron chi connectivity index (χ3n) is 3.78. The van der Waals surface area contributed by atoms with Crippen LogP contribution in [-0.4, -0.2) is 26.4 Å². The number of thioether (sulfide) groups is 1. The first kappa shape index (κ1) is 17.7. The van der Waals surface area contributed by atoms with E-state index in [1.807, 2.05) is 48.9 Å². The fourth-order valence-electron chi connectivity index (χ4n) is 2.28. The summed E-state index contributed by atoms with van der Waals surface area (Å²) in [6.45, 7) is 2.59. The van der Waals surface area contributed by atoms with Gasteiger partial charge in [-0.2, -0.15) is 0 Å². The van der Waals surface area contributed by atoms with Crippen LogP contribution in [0.3, 0.4) is 0 Å². The number of benzene rings is 1. The van der Waals surface area contributed by atoms with Gasteiger partial charge in [0.15, 0.2) is 5.16 Å². The van der Waals surface area contributed by atoms with E-state index in [2.05, 4.69) is 27.0 Å². The van der Waals surface area contributed by atoms with Crippen LogP contribution in [0.25, 0.3) is 0 Å². The molecule has 0 aliphatic carbocycles. The van der Waals surface area contributed by atoms with Crippen LogP contribution in [0.5, 0.6) is 0 Å². The molecule has 5 nitrogen and oxygen atoms in total. The third kappa shape index (κ3) is 4.93. The normalized spacial score (nSPS) is 10.8. The fourth-order valence-corrected chi connectivity index (χ4v) is 3.74. The lowest BCUT2D eigenvalue weighted by Gasteiger charge is -2.06. The van der Waals surface area contributed by atoms with Gasteiger partial charge in [0, 0.05) is 24.9 Å². The van der Waals surface area contributed by atoms with E-state index in [0.29, 0.717) is 12.3 Å². The Morgan fingerprint density at radius 3 is 2.76 bits per heavy atom. The van der Waals surface area contributed by atoms with Crippen LogP contribution in [0.15, 0.2) is 46.9 Å². The summed E-state index contributed by atoms with van der Waals surface area (Å²) in [6.07, 6.45) is 0.765. The first-order valence-electron chi connectivity index (χ1n) is 7.97. The number of nitrogens with one attached hydrogen (secondary N) is 1. The van der Waals surface area contributed by atoms with Gasteiger partial charge in [0.1, 0.15) is 5.82 Å². The lowest BCUT2D eigenvalue weighted by Crippen LogP contribution is -2.24. The fraction of sp³-hybridized carbons (Fsp3) is 0.278. The lowest BCUT2D eigenvalue weighted by molar-refractivity contribution is -0.118. The van der Waals surface area contributed by atoms with Crippen molar-refractivity contribution in [3.05, 3.63) is 63.6 Å². The minimum absolute atomic E-state index is 0.00613. The van der Waals surface area contributed by atoms with Crippen molar-refractivity contribution in [1.29, 1.82) is 0 Å². The molecule has 3 rings (SSSR count). The molecule has 3 aromatic rings. The van der Waals surface area contributed by atoms with E-state index in [-0.39, 0.29) is 5.91 Å². The molecule has 0 saturated heterocycles. The first-order chi connectivity index (χ1) is 12.1. The largest absolute Gasteiger partial charge is 0.351 e. The van der Waals surface area contributed by atoms with Gasteiger partial charge in [0.2, 0.25) is 5.91 Å². The van der Waals surface area contributed by atoms with Gasteiger partial charge in [0.25, 0.3) is 0 Å². The highest BCUT2D eigenvalue weighted by molar-refractivity contribution is 7.99. The number of nitrogens with zero attached hydrogens (tertiary/aromatic N) is 3. The standard InChI is InChI=1S/C18H20N4OS2/c1-13-5-7-14(8-6-13)11-19-17(23)12-25-18-21-20-16(22(18)2)10-15-4-3-9-24-15/h3-9H,10-12H2,1-2H3,(H,19,23). The van der Waals surface area contributed by atoms with Crippen LogP contribution >= 0.6 is 23.1 Å². The van der Waals surface area contributed by atoms with Crippen molar-refractivity contribution >= 4 is 29.0 Å². The van der Waals surface area contributed by atoms with Crippen molar-refractivity contribution in [2.24, 2.45) is 7.05 Å². The highest BCUT2D eigenvalue weighted by atomic mass is 32.2. The SMILES string of the molecule is Cc1ccc(CNC(=O)CSc2nnc(Cc3cccs3)n2C)cc1. The average Bonchev–Trinajstić information content (AvgIpc) is 3.24. The van der Waals surface area contributed by atoms with Crippen molar-refractivity contribution in [2.75, 3.05) is 5.75 Å². The number of hydrogen-bond donors (Lipinski definition) is 1. The molecule has 1 aromatic carbocycles. The van der Waals surface area contributed by atoms with Crippen LogP contribution in [-0.2, 0) is 24.8 Å². The summed E-state index contributed by atoms with van der Waals surface area (Å²) < 4.78 is 1.96. The molecule has 2 aromatic heterocycles. The average molecular weight is 373 g/mol. The third-order valence-corrected chi connectivity index (χ3v) is 5.68. The summed E-state index contributed by atoms with van der Waals surface area (Å²) in [5.74, 6) is 1.23. The molecule has 25 heavy (non-hydrogen) atoms. The number of rotatable bonds is 7. The molecular weight excluding hydrogens is 352 g/mol. The predicted octanol–water partition coefficient (Wildman–Crippen LogP) is 3.18. The zero-order chi connectivity index (χ0) is 17.6. The van der Waals surface area contributed by atoms with Gasteiger partial charge in [-0.15, -0.1) is 21.5 Å². The number of aryl methyl sites for hydroxylation is 1. The number of carbonyl (C=O) groups excluding carboxylic acids is 1. The van der Waals surface area contributed by atoms with E-state index in [1.54, 1.807) is 11.3 Å². The molecule has 0 fully saturated rings. The molecule has 7 heteroatoms. The van der Waals surface area contributed by atoms with Crippen molar-refractivity contribution in [2.45, 2.75) is 25.0 Å². The molecule has 0 spiro atoms. The van der Waals surface area contributed by atoms with Crippen molar-refractivity contribution in [1.82, 2.24) is 20.1 Å². The second-order valence-corrected chi connectivity index (χ2v) is 7.74. The quantitative estimate of drug-likeness (QED) is 0.647. The molecule has 0 aliphatic heterocycles. The number of aromatic nitrogens is 3. The Bertz CT molecular complexity index is 825. The molecule has 0 aliphatic rings. The van der Waals surface area contributed by atoms with Gasteiger partial charge in [-0.05, 0) is 23.9 Å². The second kappa shape index (κ2) is 8.31. The van der Waals surface area contributed by atoms with Gasteiger partial charge < -0.3 is 9.88 Å². The molecule has 0 saturated carbocycles. The molecule has 130 valence electrons. The number of amides is 1. The van der Waals surface area contributed by atoms with E-state index in [9.17, 15) is 4.79 Å². The van der Waals surface area contributed by atoms with Gasteiger partial charge >= 0.3 is 0 Å². The highest BCUT2D eigenvalue weighted by Crippen LogP contribution is 2.19. The Hall–Kier alpha value is -2.12. The maximum atomic E-state index is 12.0. The summed E-state index contributed by atoms with van der Waals surface area (Å²) in [7, 11) is 1.94. The number of hydrogen-bond acceptors (Lipinski definition) is 5. The summed E-state index contributed by atoms with van der Waals surface area (Å²) in [5.41, 5.74) is 2.31. The van der Waals surface area contributed by atoms with Crippen LogP contribution in [0.1, 0.15) is 21.8 Å². The highest BCUT2D eigenvalue weighted by Gasteiger charge is 2.12. The van der Waals surface area contributed by atoms with Crippen LogP contribution in [0, 0.1) is 6.92 Å². The maximum Gasteiger partial charge on any atom is 0.230 e. The topological polar surface area (TPSA) is 59.8 Å². The Labute approximate surface area is 155 Å². The van der Waals surface area contributed by atoms with Gasteiger partial charge in [-0.25, -0.2) is 0 Å². The summed E-state index contributed by atoms with van der Waals surface area (Å²) >= 11 is 3.11. The molecule has 0 unspecified atom stereocenters. The van der Waals surface area contributed by atoms with E-state index in [4.69, 9.17) is 0 Å². The predicted molar refractivity (Wildman–Crippen MR) is 102 cm³/mol. The summed E-state index contributed by atoms with van der Waals surface area (Å²) in [4.78, 5) is 13.3. The molecule has 0 atom stereocenters. The smallest absolute Gasteiger partial charge is 0.230 e. The minimum atomic E-state index is -0.00613. The van der Waals surface area contributed by atoms with E-state index in [1.165, 1.54) is 22.2 Å². The molecule has 1 amide bonds. The number of carbonyl (C=O) groups is 1. The Balaban J connectivity index is 1.48. The van der Waals surface area contributed by atoms with Crippen molar-refractivity contribution < 1.29 is 4.79 Å². The Morgan fingerprint density at radius 1 is 1.24 bits per heavy atom. The van der Waals surface area contributed by atoms with E-state index in [0.717, 1.165) is 23.0 Å². The van der Waals surface area contributed by atoms with Crippen LogP contribution < -0.4 is 5.32 Å². The van der Waals surface area contributed by atoms with Crippen LogP contribution in [0.4, 0.5) is 0 Å². The molecule has 1 N–H and O–H groups in total. The second-order valence-electron chi connectivity index (χ2n) is 5.76. The van der Waals surface area contributed by atoms with Crippen molar-refractivity contribution in [3.8, 4) is 0 Å². The molecule has 0 bridgehead atoms. The van der Waals surface area contributed by atoms with E-state index >= 15 is 0 Å². The maximum absolute atomic E-state index is 12.0. The van der Waals surface area contributed by atoms with E-state index < -0.39 is 0 Å². The zero-order valence-corrected chi connectivity index (χ0v) is 15.9. The van der Waals surface area contributed by atoms with Gasteiger partial charge in [0.05, 0.1) is 5.75 Å². The first-order valence-corrected chi connectivity index (χ1v) is 9.84. The molecular formula is C18H20N4OS2. The molecule has 0 radical (unpaired) electrons. The Morgan fingerprint density at radius 2 is 2.04 bits per heavy atom. The van der Waals surface area contributed by atoms with Gasteiger partial charge in [-0.1, -0.05) is 47.7 Å². The minimum Gasteiger partial charge on any atom is -0.351 e. The number of thiophene rings is 1. The summed E-state index contributed by atoms with van der Waals surface area (Å²) in [6, 6.07) is 12.3. The summed E-state index contributed by atoms with van der Waals surface area (Å²) in [5, 5.41) is 14.2. The molecule has 2 heterocycles. The van der Waals surface area contributed by atoms with Crippen molar-refractivity contribution in [3.63, 3.8) is 0 Å². The zero-order valence-electron chi connectivity index (χ0n) is 14.2.